The second kappa shape index (κ2) is 10.1. The zero-order valence-electron chi connectivity index (χ0n) is 14.4. The Kier molecular flexibility index (Phi) is 12.5. The summed E-state index contributed by atoms with van der Waals surface area (Å²) in [7, 11) is -9.76. The zero-order chi connectivity index (χ0) is 16.2. The Hall–Kier alpha value is 0.180. The van der Waals surface area contributed by atoms with Crippen LogP contribution in [0.1, 0.15) is 40.5 Å². The first kappa shape index (κ1) is 27.0. The van der Waals surface area contributed by atoms with Crippen LogP contribution in [-0.2, 0) is 9.13 Å². The average Bonchev–Trinajstić information content (AvgIpc) is 2.06. The molecule has 0 aliphatic heterocycles. The molecular formula is C11H31N3O6P2-2. The highest BCUT2D eigenvalue weighted by Crippen LogP contribution is 2.32. The molecule has 0 aliphatic rings. The van der Waals surface area contributed by atoms with Gasteiger partial charge < -0.3 is 41.0 Å². The second-order valence-electron chi connectivity index (χ2n) is 6.56. The maximum absolute atomic E-state index is 10.7. The lowest BCUT2D eigenvalue weighted by atomic mass is 9.84. The van der Waals surface area contributed by atoms with Gasteiger partial charge in [-0.3, -0.25) is 4.90 Å². The first-order valence-corrected chi connectivity index (χ1v) is 9.88. The fourth-order valence-corrected chi connectivity index (χ4v) is 3.85. The Morgan fingerprint density at radius 2 is 1.32 bits per heavy atom. The van der Waals surface area contributed by atoms with Gasteiger partial charge in [0.2, 0.25) is 0 Å². The summed E-state index contributed by atoms with van der Waals surface area (Å²) in [4.78, 5) is 43.9. The van der Waals surface area contributed by atoms with E-state index in [-0.39, 0.29) is 30.2 Å². The fourth-order valence-electron chi connectivity index (χ4n) is 2.23. The third kappa shape index (κ3) is 18.2. The molecule has 9 nitrogen and oxygen atoms in total. The molecule has 138 valence electrons. The number of hydrogen-bond donors (Lipinski definition) is 2. The van der Waals surface area contributed by atoms with Crippen LogP contribution >= 0.6 is 15.2 Å². The van der Waals surface area contributed by atoms with E-state index in [1.54, 1.807) is 0 Å². The van der Waals surface area contributed by atoms with E-state index in [9.17, 15) is 28.7 Å². The van der Waals surface area contributed by atoms with Crippen LogP contribution in [0.2, 0.25) is 0 Å². The SMILES string of the molecule is CC(CCN(CP(=O)([O-])[O-])CP(=O)([O-])[O-])CC(C)(C)C.[NH4+].[NH4+]. The number of nitrogens with zero attached hydrogens (tertiary/aromatic N) is 1. The summed E-state index contributed by atoms with van der Waals surface area (Å²) in [6, 6.07) is 0. The molecule has 0 spiro atoms. The molecule has 0 saturated heterocycles. The second-order valence-corrected chi connectivity index (χ2v) is 9.57. The van der Waals surface area contributed by atoms with Crippen LogP contribution in [-0.4, -0.2) is 24.0 Å². The topological polar surface area (TPSA) is 203 Å². The molecule has 1 unspecified atom stereocenters. The highest BCUT2D eigenvalue weighted by atomic mass is 31.2. The van der Waals surface area contributed by atoms with Crippen molar-refractivity contribution in [2.24, 2.45) is 11.3 Å². The number of hydrogen-bond acceptors (Lipinski definition) is 7. The highest BCUT2D eigenvalue weighted by Gasteiger charge is 2.17. The van der Waals surface area contributed by atoms with Crippen LogP contribution in [0.5, 0.6) is 0 Å². The molecular weight excluding hydrogens is 332 g/mol. The van der Waals surface area contributed by atoms with Gasteiger partial charge in [-0.2, -0.15) is 0 Å². The molecule has 0 heterocycles. The summed E-state index contributed by atoms with van der Waals surface area (Å²) in [5.74, 6) is 0.230. The summed E-state index contributed by atoms with van der Waals surface area (Å²) >= 11 is 0. The molecule has 0 bridgehead atoms. The van der Waals surface area contributed by atoms with Crippen molar-refractivity contribution in [2.45, 2.75) is 40.5 Å². The molecule has 0 aromatic carbocycles. The molecule has 8 N–H and O–H groups in total. The Bertz CT molecular complexity index is 366. The van der Waals surface area contributed by atoms with Gasteiger partial charge in [-0.25, -0.2) is 0 Å². The average molecular weight is 363 g/mol. The number of quaternary nitrogens is 2. The van der Waals surface area contributed by atoms with Crippen LogP contribution in [0.25, 0.3) is 0 Å². The zero-order valence-corrected chi connectivity index (χ0v) is 16.2. The molecule has 0 aromatic heterocycles. The van der Waals surface area contributed by atoms with Crippen LogP contribution in [0.4, 0.5) is 0 Å². The van der Waals surface area contributed by atoms with E-state index >= 15 is 0 Å². The first-order chi connectivity index (χ1) is 8.68. The van der Waals surface area contributed by atoms with Crippen molar-refractivity contribution < 1.29 is 28.7 Å². The van der Waals surface area contributed by atoms with E-state index in [4.69, 9.17) is 0 Å². The van der Waals surface area contributed by atoms with E-state index in [0.717, 1.165) is 11.3 Å². The maximum atomic E-state index is 10.7. The van der Waals surface area contributed by atoms with Crippen LogP contribution in [0, 0.1) is 11.3 Å². The highest BCUT2D eigenvalue weighted by molar-refractivity contribution is 7.49. The summed E-state index contributed by atoms with van der Waals surface area (Å²) in [5.41, 5.74) is 0.100. The summed E-state index contributed by atoms with van der Waals surface area (Å²) < 4.78 is 21.5. The third-order valence-corrected chi connectivity index (χ3v) is 4.14. The minimum atomic E-state index is -4.88. The normalized spacial score (nSPS) is 14.2. The summed E-state index contributed by atoms with van der Waals surface area (Å²) in [6.07, 6.45) is -0.454. The van der Waals surface area contributed by atoms with Gasteiger partial charge in [-0.05, 0) is 30.7 Å². The van der Waals surface area contributed by atoms with Gasteiger partial charge >= 0.3 is 0 Å². The van der Waals surface area contributed by atoms with Crippen LogP contribution < -0.4 is 31.9 Å². The lowest BCUT2D eigenvalue weighted by Gasteiger charge is -2.41. The van der Waals surface area contributed by atoms with E-state index in [0.29, 0.717) is 6.42 Å². The van der Waals surface area contributed by atoms with Gasteiger partial charge in [0.15, 0.2) is 0 Å². The lowest BCUT2D eigenvalue weighted by Crippen LogP contribution is -2.37. The van der Waals surface area contributed by atoms with Gasteiger partial charge in [0.25, 0.3) is 0 Å². The van der Waals surface area contributed by atoms with Gasteiger partial charge in [0.1, 0.15) is 0 Å². The van der Waals surface area contributed by atoms with Crippen LogP contribution in [0.15, 0.2) is 0 Å². The van der Waals surface area contributed by atoms with Crippen molar-refractivity contribution in [3.63, 3.8) is 0 Å². The Morgan fingerprint density at radius 3 is 1.59 bits per heavy atom. The lowest BCUT2D eigenvalue weighted by molar-refractivity contribution is -0.318. The van der Waals surface area contributed by atoms with E-state index < -0.39 is 27.8 Å². The molecule has 22 heavy (non-hydrogen) atoms. The monoisotopic (exact) mass is 363 g/mol. The van der Waals surface area contributed by atoms with Gasteiger partial charge in [0, 0.05) is 12.6 Å². The minimum absolute atomic E-state index is 0. The maximum Gasteiger partial charge on any atom is 0.0264 e. The van der Waals surface area contributed by atoms with E-state index in [2.05, 4.69) is 20.8 Å². The Balaban J connectivity index is -0.00000180. The first-order valence-electron chi connectivity index (χ1n) is 6.42. The molecule has 0 aromatic rings. The fraction of sp³-hybridized carbons (Fsp3) is 1.00. The predicted molar refractivity (Wildman–Crippen MR) is 81.5 cm³/mol. The van der Waals surface area contributed by atoms with Gasteiger partial charge in [0.05, 0.1) is 0 Å². The molecule has 1 atom stereocenters. The Labute approximate surface area is 133 Å². The van der Waals surface area contributed by atoms with Crippen molar-refractivity contribution >= 4 is 15.2 Å². The number of rotatable bonds is 8. The van der Waals surface area contributed by atoms with Crippen molar-refractivity contribution in [2.75, 3.05) is 19.1 Å². The van der Waals surface area contributed by atoms with Gasteiger partial charge in [-0.15, -0.1) is 0 Å². The molecule has 0 radical (unpaired) electrons. The molecule has 0 saturated carbocycles. The third-order valence-electron chi connectivity index (χ3n) is 2.65. The smallest absolute Gasteiger partial charge is 0.0264 e. The van der Waals surface area contributed by atoms with Crippen molar-refractivity contribution in [1.29, 1.82) is 0 Å². The Morgan fingerprint density at radius 1 is 0.955 bits per heavy atom. The predicted octanol–water partition coefficient (Wildman–Crippen LogP) is 0.246. The summed E-state index contributed by atoms with van der Waals surface area (Å²) in [6.45, 7) is 8.25. The molecule has 0 fully saturated rings. The minimum Gasteiger partial charge on any atom is -0.810 e. The largest absolute Gasteiger partial charge is 0.810 e. The van der Waals surface area contributed by atoms with Crippen molar-refractivity contribution in [1.82, 2.24) is 17.2 Å². The molecule has 11 heteroatoms. The molecule has 0 aliphatic carbocycles. The molecule has 0 amide bonds. The quantitative estimate of drug-likeness (QED) is 0.574. The summed E-state index contributed by atoms with van der Waals surface area (Å²) in [5, 5.41) is 0. The van der Waals surface area contributed by atoms with Crippen molar-refractivity contribution in [3.05, 3.63) is 0 Å². The van der Waals surface area contributed by atoms with Gasteiger partial charge in [-0.1, -0.05) is 42.9 Å². The van der Waals surface area contributed by atoms with Crippen LogP contribution in [0.3, 0.4) is 0 Å². The van der Waals surface area contributed by atoms with Crippen molar-refractivity contribution in [3.8, 4) is 0 Å². The van der Waals surface area contributed by atoms with E-state index in [1.807, 2.05) is 6.92 Å². The standard InChI is InChI=1S/C11H27NO6P2.2H3N/c1-10(7-11(2,3)4)5-6-12(8-19(13,14)15)9-20(16,17)18;;/h10H,5-9H2,1-4H3,(H2,13,14,15)(H2,16,17,18);2*1H3/p-2. The molecule has 0 rings (SSSR count). The van der Waals surface area contributed by atoms with E-state index in [1.165, 1.54) is 0 Å².